The van der Waals surface area contributed by atoms with Gasteiger partial charge in [0.25, 0.3) is 5.69 Å². The van der Waals surface area contributed by atoms with Gasteiger partial charge in [-0.2, -0.15) is 5.26 Å². The molecule has 1 aliphatic rings. The van der Waals surface area contributed by atoms with E-state index in [2.05, 4.69) is 15.5 Å². The first-order valence-corrected chi connectivity index (χ1v) is 10.6. The van der Waals surface area contributed by atoms with Gasteiger partial charge in [-0.05, 0) is 56.9 Å². The predicted molar refractivity (Wildman–Crippen MR) is 127 cm³/mol. The first-order valence-electron chi connectivity index (χ1n) is 10.6. The number of nitriles is 1. The molecular weight excluding hydrogens is 438 g/mol. The van der Waals surface area contributed by atoms with E-state index in [0.29, 0.717) is 24.3 Å². The molecule has 34 heavy (non-hydrogen) atoms. The van der Waals surface area contributed by atoms with Gasteiger partial charge in [-0.1, -0.05) is 0 Å². The molecule has 0 saturated heterocycles. The van der Waals surface area contributed by atoms with Crippen molar-refractivity contribution in [1.82, 2.24) is 0 Å². The number of carboxylic acid groups (broad SMARTS) is 1. The second kappa shape index (κ2) is 9.70. The van der Waals surface area contributed by atoms with E-state index in [1.54, 1.807) is 0 Å². The molecule has 0 amide bonds. The van der Waals surface area contributed by atoms with E-state index in [0.717, 1.165) is 28.5 Å². The number of carbonyl (C=O) groups is 1. The fourth-order valence-electron chi connectivity index (χ4n) is 4.11. The average Bonchev–Trinajstić information content (AvgIpc) is 2.78. The van der Waals surface area contributed by atoms with Crippen LogP contribution in [0.5, 0.6) is 5.75 Å². The van der Waals surface area contributed by atoms with E-state index < -0.39 is 10.9 Å². The third kappa shape index (κ3) is 5.04. The highest BCUT2D eigenvalue weighted by molar-refractivity contribution is 5.86. The van der Waals surface area contributed by atoms with Gasteiger partial charge in [0.05, 0.1) is 23.1 Å². The van der Waals surface area contributed by atoms with Crippen molar-refractivity contribution < 1.29 is 19.6 Å². The highest BCUT2D eigenvalue weighted by Gasteiger charge is 2.31. The molecule has 0 aliphatic carbocycles. The smallest absolute Gasteiger partial charge is 0.303 e. The number of benzene rings is 2. The number of azo groups is 1. The number of ether oxygens (including phenoxy) is 1. The van der Waals surface area contributed by atoms with Crippen LogP contribution in [0.15, 0.2) is 46.1 Å². The molecule has 176 valence electrons. The number of hydrogen-bond acceptors (Lipinski definition) is 8. The molecule has 0 unspecified atom stereocenters. The minimum Gasteiger partial charge on any atom is -0.494 e. The Morgan fingerprint density at radius 3 is 2.59 bits per heavy atom. The summed E-state index contributed by atoms with van der Waals surface area (Å²) in [5, 5.41) is 41.2. The summed E-state index contributed by atoms with van der Waals surface area (Å²) in [4.78, 5) is 21.4. The Morgan fingerprint density at radius 1 is 1.26 bits per heavy atom. The second-order valence-electron chi connectivity index (χ2n) is 8.44. The highest BCUT2D eigenvalue weighted by Crippen LogP contribution is 2.45. The van der Waals surface area contributed by atoms with Gasteiger partial charge in [-0.25, -0.2) is 0 Å². The van der Waals surface area contributed by atoms with Gasteiger partial charge in [0, 0.05) is 35.9 Å². The Hall–Kier alpha value is -4.26. The quantitative estimate of drug-likeness (QED) is 0.272. The molecule has 0 radical (unpaired) electrons. The first kappa shape index (κ1) is 24.4. The largest absolute Gasteiger partial charge is 0.494 e. The molecule has 0 fully saturated rings. The molecule has 2 N–H and O–H groups in total. The maximum Gasteiger partial charge on any atom is 0.303 e. The summed E-state index contributed by atoms with van der Waals surface area (Å²) in [7, 11) is 1.52. The standard InChI is InChI=1S/C24H25N5O5/c1-14-17-11-21(28-27-19-9-8-16(29(32)33)10-15(19)13-25)22(34-4)12-20(17)26-24(2,3)18(14)6-5-7-23(30)31/h8-12,26H,5-7H2,1-4H3,(H,30,31). The van der Waals surface area contributed by atoms with Gasteiger partial charge in [0.2, 0.25) is 0 Å². The van der Waals surface area contributed by atoms with Crippen LogP contribution >= 0.6 is 0 Å². The van der Waals surface area contributed by atoms with Crippen LogP contribution in [0, 0.1) is 21.4 Å². The molecule has 2 aromatic rings. The van der Waals surface area contributed by atoms with Crippen molar-refractivity contribution in [3.63, 3.8) is 0 Å². The number of methoxy groups -OCH3 is 1. The molecule has 10 nitrogen and oxygen atoms in total. The Morgan fingerprint density at radius 2 is 1.97 bits per heavy atom. The lowest BCUT2D eigenvalue weighted by Crippen LogP contribution is -2.37. The van der Waals surface area contributed by atoms with Gasteiger partial charge in [0.1, 0.15) is 23.2 Å². The molecule has 3 rings (SSSR count). The number of fused-ring (bicyclic) bond motifs is 1. The maximum atomic E-state index is 11.0. The zero-order valence-corrected chi connectivity index (χ0v) is 19.4. The van der Waals surface area contributed by atoms with Crippen LogP contribution < -0.4 is 10.1 Å². The first-order chi connectivity index (χ1) is 16.1. The summed E-state index contributed by atoms with van der Waals surface area (Å²) < 4.78 is 5.50. The number of nitrogens with zero attached hydrogens (tertiary/aromatic N) is 4. The summed E-state index contributed by atoms with van der Waals surface area (Å²) in [6.45, 7) is 6.09. The number of anilines is 1. The molecule has 0 aromatic heterocycles. The van der Waals surface area contributed by atoms with Crippen LogP contribution in [0.3, 0.4) is 0 Å². The minimum absolute atomic E-state index is 0.0371. The number of nitro groups is 1. The SMILES string of the molecule is COc1cc2c(cc1N=Nc1ccc([N+](=O)[O-])cc1C#N)C(C)=C(CCCC(=O)O)C(C)(C)N2. The Kier molecular flexibility index (Phi) is 6.96. The monoisotopic (exact) mass is 463 g/mol. The van der Waals surface area contributed by atoms with Crippen molar-refractivity contribution in [2.45, 2.75) is 45.6 Å². The van der Waals surface area contributed by atoms with Crippen LogP contribution in [0.1, 0.15) is 51.2 Å². The predicted octanol–water partition coefficient (Wildman–Crippen LogP) is 6.12. The van der Waals surface area contributed by atoms with E-state index in [9.17, 15) is 20.2 Å². The van der Waals surface area contributed by atoms with Gasteiger partial charge >= 0.3 is 5.97 Å². The van der Waals surface area contributed by atoms with Crippen molar-refractivity contribution >= 4 is 34.3 Å². The summed E-state index contributed by atoms with van der Waals surface area (Å²) in [6, 6.07) is 9.35. The van der Waals surface area contributed by atoms with Crippen LogP contribution in [-0.4, -0.2) is 28.6 Å². The summed E-state index contributed by atoms with van der Waals surface area (Å²) in [6.07, 6.45) is 1.26. The van der Waals surface area contributed by atoms with E-state index in [1.165, 1.54) is 19.2 Å². The molecule has 0 saturated carbocycles. The van der Waals surface area contributed by atoms with Crippen molar-refractivity contribution in [3.8, 4) is 11.8 Å². The van der Waals surface area contributed by atoms with Gasteiger partial charge in [0.15, 0.2) is 0 Å². The number of aliphatic carboxylic acids is 1. The number of non-ortho nitro benzene ring substituents is 1. The second-order valence-corrected chi connectivity index (χ2v) is 8.44. The fraction of sp³-hybridized carbons (Fsp3) is 0.333. The normalized spacial score (nSPS) is 14.3. The van der Waals surface area contributed by atoms with Crippen molar-refractivity contribution in [3.05, 3.63) is 57.1 Å². The van der Waals surface area contributed by atoms with E-state index >= 15 is 0 Å². The third-order valence-corrected chi connectivity index (χ3v) is 5.77. The number of allylic oxidation sites excluding steroid dienone is 1. The molecule has 0 spiro atoms. The Bertz CT molecular complexity index is 1260. The average molecular weight is 463 g/mol. The number of rotatable bonds is 8. The molecule has 10 heteroatoms. The van der Waals surface area contributed by atoms with Crippen LogP contribution in [0.25, 0.3) is 5.57 Å². The summed E-state index contributed by atoms with van der Waals surface area (Å²) >= 11 is 0. The lowest BCUT2D eigenvalue weighted by molar-refractivity contribution is -0.384. The Balaban J connectivity index is 2.02. The van der Waals surface area contributed by atoms with Gasteiger partial charge in [-0.15, -0.1) is 10.2 Å². The van der Waals surface area contributed by atoms with Crippen LogP contribution in [0.4, 0.5) is 22.7 Å². The summed E-state index contributed by atoms with van der Waals surface area (Å²) in [5.74, 6) is -0.357. The van der Waals surface area contributed by atoms with Crippen LogP contribution in [-0.2, 0) is 4.79 Å². The van der Waals surface area contributed by atoms with Crippen molar-refractivity contribution in [1.29, 1.82) is 5.26 Å². The van der Waals surface area contributed by atoms with E-state index in [-0.39, 0.29) is 28.9 Å². The Labute approximate surface area is 196 Å². The molecule has 0 atom stereocenters. The maximum absolute atomic E-state index is 11.0. The van der Waals surface area contributed by atoms with E-state index in [1.807, 2.05) is 39.0 Å². The highest BCUT2D eigenvalue weighted by atomic mass is 16.6. The lowest BCUT2D eigenvalue weighted by Gasteiger charge is -2.38. The molecule has 1 heterocycles. The molecule has 1 aliphatic heterocycles. The third-order valence-electron chi connectivity index (χ3n) is 5.77. The molecule has 2 aromatic carbocycles. The number of carboxylic acids is 1. The van der Waals surface area contributed by atoms with Crippen molar-refractivity contribution in [2.75, 3.05) is 12.4 Å². The lowest BCUT2D eigenvalue weighted by atomic mass is 9.80. The fourth-order valence-corrected chi connectivity index (χ4v) is 4.11. The zero-order chi connectivity index (χ0) is 25.0. The number of nitrogens with one attached hydrogen (secondary N) is 1. The zero-order valence-electron chi connectivity index (χ0n) is 19.4. The van der Waals surface area contributed by atoms with E-state index in [4.69, 9.17) is 9.84 Å². The molecular formula is C24H25N5O5. The van der Waals surface area contributed by atoms with Gasteiger partial charge in [-0.3, -0.25) is 14.9 Å². The molecule has 0 bridgehead atoms. The topological polar surface area (TPSA) is 150 Å². The summed E-state index contributed by atoms with van der Waals surface area (Å²) in [5.41, 5.74) is 3.97. The minimum atomic E-state index is -0.823. The van der Waals surface area contributed by atoms with Gasteiger partial charge < -0.3 is 15.2 Å². The van der Waals surface area contributed by atoms with Crippen LogP contribution in [0.2, 0.25) is 0 Å². The van der Waals surface area contributed by atoms with Crippen molar-refractivity contribution in [2.24, 2.45) is 10.2 Å². The number of nitro benzene ring substituents is 1. The number of hydrogen-bond donors (Lipinski definition) is 2.